The molecule has 0 aromatic heterocycles. The number of nitrogens with zero attached hydrogens (tertiary/aromatic N) is 1. The van der Waals surface area contributed by atoms with Gasteiger partial charge in [-0.15, -0.1) is 0 Å². The highest BCUT2D eigenvalue weighted by Crippen LogP contribution is 2.25. The predicted octanol–water partition coefficient (Wildman–Crippen LogP) is 3.74. The van der Waals surface area contributed by atoms with Gasteiger partial charge >= 0.3 is 0 Å². The van der Waals surface area contributed by atoms with Crippen molar-refractivity contribution in [2.45, 2.75) is 33.4 Å². The maximum absolute atomic E-state index is 6.07. The van der Waals surface area contributed by atoms with Crippen LogP contribution in [0.5, 0.6) is 0 Å². The van der Waals surface area contributed by atoms with Crippen molar-refractivity contribution < 1.29 is 0 Å². The van der Waals surface area contributed by atoms with Gasteiger partial charge in [-0.05, 0) is 55.6 Å². The molecule has 0 aliphatic carbocycles. The molecule has 0 amide bonds. The molecule has 2 rings (SSSR count). The van der Waals surface area contributed by atoms with E-state index >= 15 is 0 Å². The first-order chi connectivity index (χ1) is 10.0. The van der Waals surface area contributed by atoms with Crippen molar-refractivity contribution in [3.8, 4) is 0 Å². The Morgan fingerprint density at radius 2 is 1.62 bits per heavy atom. The highest BCUT2D eigenvalue weighted by molar-refractivity contribution is 5.36. The number of likely N-dealkylation sites (N-methyl/N-ethyl adjacent to an activating group) is 1. The van der Waals surface area contributed by atoms with Gasteiger partial charge in [0.05, 0.1) is 0 Å². The zero-order valence-electron chi connectivity index (χ0n) is 13.6. The van der Waals surface area contributed by atoms with E-state index in [1.807, 2.05) is 0 Å². The summed E-state index contributed by atoms with van der Waals surface area (Å²) in [6, 6.07) is 15.3. The van der Waals surface area contributed by atoms with Crippen LogP contribution >= 0.6 is 0 Å². The van der Waals surface area contributed by atoms with Gasteiger partial charge in [0.15, 0.2) is 0 Å². The van der Waals surface area contributed by atoms with E-state index in [1.165, 1.54) is 27.8 Å². The number of hydrogen-bond donors (Lipinski definition) is 1. The second-order valence-corrected chi connectivity index (χ2v) is 5.88. The first kappa shape index (κ1) is 15.7. The summed E-state index contributed by atoms with van der Waals surface area (Å²) >= 11 is 0. The van der Waals surface area contributed by atoms with Crippen LogP contribution in [0.25, 0.3) is 0 Å². The number of benzene rings is 2. The molecule has 1 unspecified atom stereocenters. The lowest BCUT2D eigenvalue weighted by atomic mass is 9.96. The molecular formula is C19H26N2. The maximum atomic E-state index is 6.07. The van der Waals surface area contributed by atoms with Crippen LogP contribution in [0.4, 0.5) is 0 Å². The van der Waals surface area contributed by atoms with Gasteiger partial charge in [-0.1, -0.05) is 42.5 Å². The third-order valence-corrected chi connectivity index (χ3v) is 4.44. The average molecular weight is 282 g/mol. The summed E-state index contributed by atoms with van der Waals surface area (Å²) in [6.07, 6.45) is 0. The van der Waals surface area contributed by atoms with E-state index in [1.54, 1.807) is 0 Å². The van der Waals surface area contributed by atoms with Gasteiger partial charge in [-0.2, -0.15) is 0 Å². The number of aryl methyl sites for hydroxylation is 2. The van der Waals surface area contributed by atoms with Crippen LogP contribution in [0.3, 0.4) is 0 Å². The van der Waals surface area contributed by atoms with Gasteiger partial charge in [0.2, 0.25) is 0 Å². The third-order valence-electron chi connectivity index (χ3n) is 4.44. The van der Waals surface area contributed by atoms with Crippen molar-refractivity contribution in [3.63, 3.8) is 0 Å². The smallest absolute Gasteiger partial charge is 0.0473 e. The SMILES string of the molecule is Cc1ccccc1CN(C)C(CN)c1cccc(C)c1C. The van der Waals surface area contributed by atoms with Crippen molar-refractivity contribution in [2.24, 2.45) is 5.73 Å². The molecule has 0 aliphatic rings. The lowest BCUT2D eigenvalue weighted by Crippen LogP contribution is -2.31. The summed E-state index contributed by atoms with van der Waals surface area (Å²) in [5.74, 6) is 0. The molecule has 2 aromatic carbocycles. The Labute approximate surface area is 128 Å². The first-order valence-electron chi connectivity index (χ1n) is 7.55. The summed E-state index contributed by atoms with van der Waals surface area (Å²) in [7, 11) is 2.16. The Balaban J connectivity index is 2.25. The quantitative estimate of drug-likeness (QED) is 0.905. The van der Waals surface area contributed by atoms with Gasteiger partial charge in [0.1, 0.15) is 0 Å². The Morgan fingerprint density at radius 3 is 2.29 bits per heavy atom. The minimum Gasteiger partial charge on any atom is -0.329 e. The van der Waals surface area contributed by atoms with E-state index in [0.29, 0.717) is 6.54 Å². The fourth-order valence-corrected chi connectivity index (χ4v) is 2.85. The summed E-state index contributed by atoms with van der Waals surface area (Å²) < 4.78 is 0. The zero-order valence-corrected chi connectivity index (χ0v) is 13.6. The molecule has 0 bridgehead atoms. The standard InChI is InChI=1S/C19H26N2/c1-14-9-7-11-18(16(14)3)19(12-20)21(4)13-17-10-6-5-8-15(17)2/h5-11,19H,12-13,20H2,1-4H3. The minimum atomic E-state index is 0.254. The lowest BCUT2D eigenvalue weighted by molar-refractivity contribution is 0.240. The second kappa shape index (κ2) is 6.88. The largest absolute Gasteiger partial charge is 0.329 e. The molecule has 0 saturated heterocycles. The fraction of sp³-hybridized carbons (Fsp3) is 0.368. The average Bonchev–Trinajstić information content (AvgIpc) is 2.47. The molecule has 2 aromatic rings. The van der Waals surface area contributed by atoms with Crippen molar-refractivity contribution in [1.29, 1.82) is 0 Å². The van der Waals surface area contributed by atoms with E-state index < -0.39 is 0 Å². The monoisotopic (exact) mass is 282 g/mol. The molecule has 112 valence electrons. The second-order valence-electron chi connectivity index (χ2n) is 5.88. The van der Waals surface area contributed by atoms with Crippen LogP contribution in [0, 0.1) is 20.8 Å². The highest BCUT2D eigenvalue weighted by Gasteiger charge is 2.18. The van der Waals surface area contributed by atoms with E-state index in [0.717, 1.165) is 6.54 Å². The zero-order chi connectivity index (χ0) is 15.4. The lowest BCUT2D eigenvalue weighted by Gasteiger charge is -2.29. The van der Waals surface area contributed by atoms with Crippen LogP contribution < -0.4 is 5.73 Å². The first-order valence-corrected chi connectivity index (χ1v) is 7.55. The molecule has 1 atom stereocenters. The van der Waals surface area contributed by atoms with Crippen molar-refractivity contribution >= 4 is 0 Å². The van der Waals surface area contributed by atoms with E-state index in [9.17, 15) is 0 Å². The van der Waals surface area contributed by atoms with Crippen LogP contribution in [0.1, 0.15) is 33.9 Å². The molecule has 0 radical (unpaired) electrons. The fourth-order valence-electron chi connectivity index (χ4n) is 2.85. The van der Waals surface area contributed by atoms with Crippen LogP contribution in [-0.4, -0.2) is 18.5 Å². The summed E-state index contributed by atoms with van der Waals surface area (Å²) in [5, 5.41) is 0. The van der Waals surface area contributed by atoms with E-state index in [-0.39, 0.29) is 6.04 Å². The Kier molecular flexibility index (Phi) is 5.16. The molecule has 2 nitrogen and oxygen atoms in total. The molecule has 0 saturated carbocycles. The highest BCUT2D eigenvalue weighted by atomic mass is 15.1. The molecule has 2 heteroatoms. The normalized spacial score (nSPS) is 12.7. The van der Waals surface area contributed by atoms with Gasteiger partial charge in [-0.25, -0.2) is 0 Å². The van der Waals surface area contributed by atoms with E-state index in [4.69, 9.17) is 5.73 Å². The Hall–Kier alpha value is -1.64. The summed E-state index contributed by atoms with van der Waals surface area (Å²) in [5.41, 5.74) is 12.8. The van der Waals surface area contributed by atoms with E-state index in [2.05, 4.69) is 75.2 Å². The molecule has 21 heavy (non-hydrogen) atoms. The molecular weight excluding hydrogens is 256 g/mol. The van der Waals surface area contributed by atoms with Crippen LogP contribution in [-0.2, 0) is 6.54 Å². The summed E-state index contributed by atoms with van der Waals surface area (Å²) in [6.45, 7) is 8.07. The minimum absolute atomic E-state index is 0.254. The molecule has 0 heterocycles. The van der Waals surface area contributed by atoms with Crippen molar-refractivity contribution in [3.05, 3.63) is 70.3 Å². The van der Waals surface area contributed by atoms with Crippen molar-refractivity contribution in [1.82, 2.24) is 4.90 Å². The number of nitrogens with two attached hydrogens (primary N) is 1. The number of hydrogen-bond acceptors (Lipinski definition) is 2. The molecule has 2 N–H and O–H groups in total. The molecule has 0 aliphatic heterocycles. The van der Waals surface area contributed by atoms with Gasteiger partial charge < -0.3 is 5.73 Å². The topological polar surface area (TPSA) is 29.3 Å². The molecule has 0 spiro atoms. The third kappa shape index (κ3) is 3.52. The van der Waals surface area contributed by atoms with Crippen LogP contribution in [0.15, 0.2) is 42.5 Å². The van der Waals surface area contributed by atoms with Crippen LogP contribution in [0.2, 0.25) is 0 Å². The van der Waals surface area contributed by atoms with Gasteiger partial charge in [0.25, 0.3) is 0 Å². The van der Waals surface area contributed by atoms with Gasteiger partial charge in [-0.3, -0.25) is 4.90 Å². The van der Waals surface area contributed by atoms with Gasteiger partial charge in [0, 0.05) is 19.1 Å². The Morgan fingerprint density at radius 1 is 0.952 bits per heavy atom. The molecule has 0 fully saturated rings. The number of rotatable bonds is 5. The maximum Gasteiger partial charge on any atom is 0.0473 e. The van der Waals surface area contributed by atoms with Crippen molar-refractivity contribution in [2.75, 3.05) is 13.6 Å². The summed E-state index contributed by atoms with van der Waals surface area (Å²) in [4.78, 5) is 2.35. The predicted molar refractivity (Wildman–Crippen MR) is 90.4 cm³/mol. The Bertz CT molecular complexity index is 604.